The predicted molar refractivity (Wildman–Crippen MR) is 74.7 cm³/mol. The number of rotatable bonds is 4. The second kappa shape index (κ2) is 6.41. The van der Waals surface area contributed by atoms with E-state index in [1.807, 2.05) is 50.3 Å². The number of hydrogen-bond donors (Lipinski definition) is 1. The fourth-order valence-electron chi connectivity index (χ4n) is 1.93. The normalized spacial score (nSPS) is 15.2. The van der Waals surface area contributed by atoms with E-state index in [9.17, 15) is 5.11 Å². The first-order valence-corrected chi connectivity index (χ1v) is 6.07. The Balaban J connectivity index is 2.79. The lowest BCUT2D eigenvalue weighted by molar-refractivity contribution is 0.174. The highest BCUT2D eigenvalue weighted by Crippen LogP contribution is 2.17. The van der Waals surface area contributed by atoms with Crippen molar-refractivity contribution in [1.29, 1.82) is 0 Å². The first kappa shape index (κ1) is 13.7. The standard InChI is InChI=1S/C16H22O/c1-12(2)10-13(3)16(17)14(4)11-15-8-6-5-7-9-15/h5-11,13,16-17H,1-4H3/b14-11+/t13-,16+/m0/s1. The van der Waals surface area contributed by atoms with Crippen molar-refractivity contribution in [2.24, 2.45) is 5.92 Å². The van der Waals surface area contributed by atoms with E-state index >= 15 is 0 Å². The quantitative estimate of drug-likeness (QED) is 0.774. The van der Waals surface area contributed by atoms with Gasteiger partial charge in [0.2, 0.25) is 0 Å². The molecule has 0 aromatic heterocycles. The number of allylic oxidation sites excluding steroid dienone is 1. The molecule has 1 N–H and O–H groups in total. The number of aliphatic hydroxyl groups excluding tert-OH is 1. The maximum atomic E-state index is 10.2. The average Bonchev–Trinajstić information content (AvgIpc) is 2.28. The van der Waals surface area contributed by atoms with E-state index in [-0.39, 0.29) is 5.92 Å². The van der Waals surface area contributed by atoms with E-state index in [2.05, 4.69) is 19.9 Å². The van der Waals surface area contributed by atoms with Gasteiger partial charge in [-0.1, -0.05) is 55.0 Å². The largest absolute Gasteiger partial charge is 0.388 e. The summed E-state index contributed by atoms with van der Waals surface area (Å²) in [4.78, 5) is 0. The highest BCUT2D eigenvalue weighted by Gasteiger charge is 2.13. The summed E-state index contributed by atoms with van der Waals surface area (Å²) in [6.07, 6.45) is 3.73. The Morgan fingerprint density at radius 1 is 1.12 bits per heavy atom. The van der Waals surface area contributed by atoms with E-state index in [1.165, 1.54) is 5.57 Å². The Labute approximate surface area is 104 Å². The number of benzene rings is 1. The topological polar surface area (TPSA) is 20.2 Å². The molecule has 0 amide bonds. The van der Waals surface area contributed by atoms with Gasteiger partial charge in [0, 0.05) is 5.92 Å². The highest BCUT2D eigenvalue weighted by molar-refractivity contribution is 5.53. The van der Waals surface area contributed by atoms with Crippen molar-refractivity contribution < 1.29 is 5.11 Å². The number of aliphatic hydroxyl groups is 1. The molecule has 0 aliphatic rings. The molecule has 0 aliphatic heterocycles. The summed E-state index contributed by atoms with van der Waals surface area (Å²) in [5.74, 6) is 0.153. The van der Waals surface area contributed by atoms with Gasteiger partial charge in [-0.15, -0.1) is 0 Å². The van der Waals surface area contributed by atoms with Crippen molar-refractivity contribution in [3.05, 3.63) is 53.1 Å². The van der Waals surface area contributed by atoms with Crippen LogP contribution < -0.4 is 0 Å². The second-order valence-corrected chi connectivity index (χ2v) is 4.85. The summed E-state index contributed by atoms with van der Waals surface area (Å²) in [7, 11) is 0. The minimum Gasteiger partial charge on any atom is -0.388 e. The summed E-state index contributed by atoms with van der Waals surface area (Å²) in [6, 6.07) is 10.1. The molecule has 17 heavy (non-hydrogen) atoms. The summed E-state index contributed by atoms with van der Waals surface area (Å²) >= 11 is 0. The molecular formula is C16H22O. The van der Waals surface area contributed by atoms with Gasteiger partial charge in [0.25, 0.3) is 0 Å². The van der Waals surface area contributed by atoms with Gasteiger partial charge in [0.1, 0.15) is 0 Å². The van der Waals surface area contributed by atoms with Crippen molar-refractivity contribution in [1.82, 2.24) is 0 Å². The third-order valence-corrected chi connectivity index (χ3v) is 2.75. The van der Waals surface area contributed by atoms with Crippen LogP contribution in [0.3, 0.4) is 0 Å². The lowest BCUT2D eigenvalue weighted by atomic mass is 9.95. The molecule has 1 aromatic carbocycles. The fourth-order valence-corrected chi connectivity index (χ4v) is 1.93. The molecule has 1 rings (SSSR count). The van der Waals surface area contributed by atoms with Gasteiger partial charge in [-0.05, 0) is 31.9 Å². The van der Waals surface area contributed by atoms with Gasteiger partial charge in [-0.2, -0.15) is 0 Å². The molecule has 1 heteroatoms. The Morgan fingerprint density at radius 3 is 2.24 bits per heavy atom. The van der Waals surface area contributed by atoms with Crippen LogP contribution in [0.2, 0.25) is 0 Å². The minimum absolute atomic E-state index is 0.153. The molecular weight excluding hydrogens is 208 g/mol. The first-order valence-electron chi connectivity index (χ1n) is 6.07. The molecule has 0 aliphatic carbocycles. The van der Waals surface area contributed by atoms with Gasteiger partial charge in [-0.3, -0.25) is 0 Å². The van der Waals surface area contributed by atoms with E-state index < -0.39 is 6.10 Å². The fraction of sp³-hybridized carbons (Fsp3) is 0.375. The lowest BCUT2D eigenvalue weighted by Crippen LogP contribution is -2.17. The molecule has 0 heterocycles. The highest BCUT2D eigenvalue weighted by atomic mass is 16.3. The Hall–Kier alpha value is -1.34. The van der Waals surface area contributed by atoms with Crippen LogP contribution >= 0.6 is 0 Å². The number of hydrogen-bond acceptors (Lipinski definition) is 1. The zero-order chi connectivity index (χ0) is 12.8. The van der Waals surface area contributed by atoms with E-state index in [4.69, 9.17) is 0 Å². The maximum Gasteiger partial charge on any atom is 0.0810 e. The van der Waals surface area contributed by atoms with Gasteiger partial charge in [0.05, 0.1) is 6.10 Å². The molecule has 0 bridgehead atoms. The van der Waals surface area contributed by atoms with Crippen molar-refractivity contribution in [2.75, 3.05) is 0 Å². The van der Waals surface area contributed by atoms with Crippen molar-refractivity contribution in [3.63, 3.8) is 0 Å². The van der Waals surface area contributed by atoms with Crippen LogP contribution in [0.15, 0.2) is 47.6 Å². The molecule has 1 nitrogen and oxygen atoms in total. The van der Waals surface area contributed by atoms with Crippen LogP contribution in [0.4, 0.5) is 0 Å². The van der Waals surface area contributed by atoms with Crippen molar-refractivity contribution in [3.8, 4) is 0 Å². The molecule has 1 aromatic rings. The van der Waals surface area contributed by atoms with E-state index in [0.29, 0.717) is 0 Å². The van der Waals surface area contributed by atoms with Gasteiger partial charge < -0.3 is 5.11 Å². The van der Waals surface area contributed by atoms with Crippen LogP contribution in [-0.2, 0) is 0 Å². The third kappa shape index (κ3) is 4.58. The van der Waals surface area contributed by atoms with Crippen LogP contribution in [0.5, 0.6) is 0 Å². The predicted octanol–water partition coefficient (Wildman–Crippen LogP) is 4.05. The smallest absolute Gasteiger partial charge is 0.0810 e. The molecule has 0 saturated heterocycles. The Bertz CT molecular complexity index is 397. The maximum absolute atomic E-state index is 10.2. The van der Waals surface area contributed by atoms with Crippen molar-refractivity contribution >= 4 is 6.08 Å². The molecule has 2 atom stereocenters. The van der Waals surface area contributed by atoms with E-state index in [0.717, 1.165) is 11.1 Å². The van der Waals surface area contributed by atoms with Gasteiger partial charge in [0.15, 0.2) is 0 Å². The lowest BCUT2D eigenvalue weighted by Gasteiger charge is -2.17. The molecule has 0 unspecified atom stereocenters. The van der Waals surface area contributed by atoms with Crippen LogP contribution in [0.1, 0.15) is 33.3 Å². The molecule has 0 saturated carbocycles. The Morgan fingerprint density at radius 2 is 1.71 bits per heavy atom. The summed E-state index contributed by atoms with van der Waals surface area (Å²) in [5.41, 5.74) is 3.37. The zero-order valence-corrected chi connectivity index (χ0v) is 11.1. The van der Waals surface area contributed by atoms with Gasteiger partial charge >= 0.3 is 0 Å². The first-order chi connectivity index (χ1) is 8.00. The van der Waals surface area contributed by atoms with Crippen LogP contribution in [0.25, 0.3) is 6.08 Å². The third-order valence-electron chi connectivity index (χ3n) is 2.75. The summed E-state index contributed by atoms with van der Waals surface area (Å²) in [6.45, 7) is 8.13. The average molecular weight is 230 g/mol. The van der Waals surface area contributed by atoms with Gasteiger partial charge in [-0.25, -0.2) is 0 Å². The molecule has 0 spiro atoms. The van der Waals surface area contributed by atoms with E-state index in [1.54, 1.807) is 0 Å². The molecule has 0 fully saturated rings. The van der Waals surface area contributed by atoms with Crippen molar-refractivity contribution in [2.45, 2.75) is 33.8 Å². The second-order valence-electron chi connectivity index (χ2n) is 4.85. The minimum atomic E-state index is -0.412. The molecule has 0 radical (unpaired) electrons. The SMILES string of the molecule is CC(C)=C[C@H](C)[C@@H](O)/C(C)=C/c1ccccc1. The zero-order valence-electron chi connectivity index (χ0n) is 11.1. The summed E-state index contributed by atoms with van der Waals surface area (Å²) in [5, 5.41) is 10.2. The monoisotopic (exact) mass is 230 g/mol. The van der Waals surface area contributed by atoms with Crippen LogP contribution in [0, 0.1) is 5.92 Å². The summed E-state index contributed by atoms with van der Waals surface area (Å²) < 4.78 is 0. The Kier molecular flexibility index (Phi) is 5.17. The molecule has 92 valence electrons. The van der Waals surface area contributed by atoms with Crippen LogP contribution in [-0.4, -0.2) is 11.2 Å².